The lowest BCUT2D eigenvalue weighted by Gasteiger charge is -2.20. The number of hydrogen-bond donors (Lipinski definition) is 2. The molecular formula is C15H14N6O2. The van der Waals surface area contributed by atoms with Gasteiger partial charge in [-0.1, -0.05) is 12.1 Å². The number of hydrogen-bond acceptors (Lipinski definition) is 7. The van der Waals surface area contributed by atoms with E-state index < -0.39 is 0 Å². The molecule has 3 heterocycles. The molecule has 0 aliphatic carbocycles. The summed E-state index contributed by atoms with van der Waals surface area (Å²) in [7, 11) is 0. The van der Waals surface area contributed by atoms with Crippen LogP contribution in [0.3, 0.4) is 0 Å². The third-order valence-corrected chi connectivity index (χ3v) is 3.31. The van der Waals surface area contributed by atoms with E-state index in [9.17, 15) is 0 Å². The molecule has 1 aliphatic rings. The number of nitrogens with one attached hydrogen (secondary N) is 1. The largest absolute Gasteiger partial charge is 0.486 e. The average Bonchev–Trinajstić information content (AvgIpc) is 2.96. The lowest BCUT2D eigenvalue weighted by molar-refractivity contribution is 0.172. The summed E-state index contributed by atoms with van der Waals surface area (Å²) < 4.78 is 12.7. The number of ether oxygens (including phenoxy) is 2. The molecule has 0 fully saturated rings. The number of para-hydroxylation sites is 1. The highest BCUT2D eigenvalue weighted by molar-refractivity contribution is 5.68. The van der Waals surface area contributed by atoms with E-state index in [2.05, 4.69) is 20.4 Å². The summed E-state index contributed by atoms with van der Waals surface area (Å²) in [5, 5.41) is 7.44. The predicted octanol–water partition coefficient (Wildman–Crippen LogP) is 1.76. The second-order valence-electron chi connectivity index (χ2n) is 4.85. The summed E-state index contributed by atoms with van der Waals surface area (Å²) in [6, 6.07) is 11.1. The fraction of sp³-hybridized carbons (Fsp3) is 0.133. The van der Waals surface area contributed by atoms with Gasteiger partial charge < -0.3 is 20.5 Å². The minimum Gasteiger partial charge on any atom is -0.486 e. The van der Waals surface area contributed by atoms with Crippen molar-refractivity contribution in [3.8, 4) is 17.3 Å². The Morgan fingerprint density at radius 1 is 1.09 bits per heavy atom. The maximum atomic E-state index is 5.92. The summed E-state index contributed by atoms with van der Waals surface area (Å²) in [6.07, 6.45) is 1.67. The Labute approximate surface area is 131 Å². The predicted molar refractivity (Wildman–Crippen MR) is 84.3 cm³/mol. The van der Waals surface area contributed by atoms with Gasteiger partial charge in [-0.05, 0) is 24.3 Å². The first-order valence-corrected chi connectivity index (χ1v) is 7.11. The van der Waals surface area contributed by atoms with Gasteiger partial charge in [0.05, 0.1) is 5.69 Å². The van der Waals surface area contributed by atoms with Crippen LogP contribution >= 0.6 is 0 Å². The molecule has 0 amide bonds. The van der Waals surface area contributed by atoms with Gasteiger partial charge in [-0.15, -0.1) is 5.10 Å². The highest BCUT2D eigenvalue weighted by Crippen LogP contribution is 2.38. The van der Waals surface area contributed by atoms with Crippen molar-refractivity contribution >= 4 is 17.6 Å². The lowest BCUT2D eigenvalue weighted by Crippen LogP contribution is -2.16. The number of rotatable bonds is 3. The van der Waals surface area contributed by atoms with E-state index >= 15 is 0 Å². The Morgan fingerprint density at radius 2 is 2.00 bits per heavy atom. The number of fused-ring (bicyclic) bond motifs is 1. The highest BCUT2D eigenvalue weighted by Gasteiger charge is 2.17. The Morgan fingerprint density at radius 3 is 2.87 bits per heavy atom. The maximum absolute atomic E-state index is 5.92. The van der Waals surface area contributed by atoms with Crippen molar-refractivity contribution < 1.29 is 9.47 Å². The third kappa shape index (κ3) is 2.50. The first kappa shape index (κ1) is 13.4. The minimum atomic E-state index is 0.244. The monoisotopic (exact) mass is 310 g/mol. The van der Waals surface area contributed by atoms with Crippen molar-refractivity contribution in [2.75, 3.05) is 24.3 Å². The zero-order valence-electron chi connectivity index (χ0n) is 12.1. The van der Waals surface area contributed by atoms with Crippen LogP contribution in [0.4, 0.5) is 17.6 Å². The zero-order chi connectivity index (χ0) is 15.6. The van der Waals surface area contributed by atoms with E-state index in [1.807, 2.05) is 30.3 Å². The molecule has 1 aliphatic heterocycles. The van der Waals surface area contributed by atoms with Crippen molar-refractivity contribution in [3.63, 3.8) is 0 Å². The Hall–Kier alpha value is -3.29. The molecule has 0 spiro atoms. The van der Waals surface area contributed by atoms with E-state index in [4.69, 9.17) is 15.2 Å². The van der Waals surface area contributed by atoms with Crippen LogP contribution in [0.15, 0.2) is 42.6 Å². The van der Waals surface area contributed by atoms with E-state index in [1.165, 1.54) is 4.68 Å². The van der Waals surface area contributed by atoms with Crippen LogP contribution in [0.5, 0.6) is 11.5 Å². The fourth-order valence-electron chi connectivity index (χ4n) is 2.32. The van der Waals surface area contributed by atoms with Gasteiger partial charge in [0.15, 0.2) is 17.3 Å². The normalized spacial score (nSPS) is 12.9. The van der Waals surface area contributed by atoms with Crippen LogP contribution in [0, 0.1) is 0 Å². The Balaban J connectivity index is 1.66. The molecule has 3 N–H and O–H groups in total. The van der Waals surface area contributed by atoms with Gasteiger partial charge in [0, 0.05) is 6.20 Å². The number of nitrogens with zero attached hydrogens (tertiary/aromatic N) is 4. The minimum absolute atomic E-state index is 0.244. The van der Waals surface area contributed by atoms with Crippen LogP contribution in [0.2, 0.25) is 0 Å². The molecular weight excluding hydrogens is 296 g/mol. The molecule has 0 saturated heterocycles. The molecule has 4 rings (SSSR count). The number of anilines is 3. The van der Waals surface area contributed by atoms with Crippen LogP contribution in [0.25, 0.3) is 5.82 Å². The molecule has 1 aromatic carbocycles. The van der Waals surface area contributed by atoms with Gasteiger partial charge in [-0.2, -0.15) is 9.67 Å². The summed E-state index contributed by atoms with van der Waals surface area (Å²) in [5.41, 5.74) is 6.64. The molecule has 23 heavy (non-hydrogen) atoms. The van der Waals surface area contributed by atoms with Crippen LogP contribution in [-0.2, 0) is 0 Å². The van der Waals surface area contributed by atoms with E-state index in [0.717, 1.165) is 5.69 Å². The molecule has 0 unspecified atom stereocenters. The summed E-state index contributed by atoms with van der Waals surface area (Å²) in [4.78, 5) is 8.42. The molecule has 2 aromatic heterocycles. The number of benzene rings is 1. The zero-order valence-corrected chi connectivity index (χ0v) is 12.1. The van der Waals surface area contributed by atoms with Crippen LogP contribution < -0.4 is 20.5 Å². The van der Waals surface area contributed by atoms with Gasteiger partial charge >= 0.3 is 0 Å². The smallest absolute Gasteiger partial charge is 0.249 e. The number of aromatic nitrogens is 4. The Bertz CT molecular complexity index is 833. The number of nitrogen functional groups attached to an aromatic ring is 1. The van der Waals surface area contributed by atoms with Crippen molar-refractivity contribution in [2.24, 2.45) is 0 Å². The third-order valence-electron chi connectivity index (χ3n) is 3.31. The van der Waals surface area contributed by atoms with Crippen molar-refractivity contribution in [1.82, 2.24) is 19.7 Å². The molecule has 8 nitrogen and oxygen atoms in total. The average molecular weight is 310 g/mol. The van der Waals surface area contributed by atoms with Crippen molar-refractivity contribution in [2.45, 2.75) is 0 Å². The van der Waals surface area contributed by atoms with Gasteiger partial charge in [0.2, 0.25) is 11.9 Å². The SMILES string of the molecule is Nc1nc(Nc2cccc3c2OCCO3)nn1-c1ccccn1. The fourth-order valence-corrected chi connectivity index (χ4v) is 2.32. The second-order valence-corrected chi connectivity index (χ2v) is 4.85. The molecule has 8 heteroatoms. The molecule has 116 valence electrons. The van der Waals surface area contributed by atoms with Crippen molar-refractivity contribution in [1.29, 1.82) is 0 Å². The van der Waals surface area contributed by atoms with Gasteiger partial charge in [-0.25, -0.2) is 4.98 Å². The molecule has 3 aromatic rings. The topological polar surface area (TPSA) is 100 Å². The number of nitrogens with two attached hydrogens (primary N) is 1. The molecule has 0 saturated carbocycles. The molecule has 0 radical (unpaired) electrons. The lowest BCUT2D eigenvalue weighted by atomic mass is 10.2. The highest BCUT2D eigenvalue weighted by atomic mass is 16.6. The standard InChI is InChI=1S/C15H14N6O2/c16-14-19-15(20-21(14)12-6-1-2-7-17-12)18-10-4-3-5-11-13(10)23-9-8-22-11/h1-7H,8-9H2,(H3,16,18,19,20). The van der Waals surface area contributed by atoms with E-state index in [-0.39, 0.29) is 5.95 Å². The van der Waals surface area contributed by atoms with Crippen LogP contribution in [0.1, 0.15) is 0 Å². The van der Waals surface area contributed by atoms with Gasteiger partial charge in [-0.3, -0.25) is 0 Å². The van der Waals surface area contributed by atoms with Crippen molar-refractivity contribution in [3.05, 3.63) is 42.6 Å². The second kappa shape index (κ2) is 5.48. The molecule has 0 bridgehead atoms. The van der Waals surface area contributed by atoms with E-state index in [0.29, 0.717) is 36.5 Å². The summed E-state index contributed by atoms with van der Waals surface area (Å²) in [5.74, 6) is 2.54. The molecule has 0 atom stereocenters. The maximum Gasteiger partial charge on any atom is 0.249 e. The Kier molecular flexibility index (Phi) is 3.19. The van der Waals surface area contributed by atoms with E-state index in [1.54, 1.807) is 12.3 Å². The van der Waals surface area contributed by atoms with Gasteiger partial charge in [0.25, 0.3) is 0 Å². The first-order valence-electron chi connectivity index (χ1n) is 7.11. The first-order chi connectivity index (χ1) is 11.3. The summed E-state index contributed by atoms with van der Waals surface area (Å²) in [6.45, 7) is 1.04. The van der Waals surface area contributed by atoms with Crippen LogP contribution in [-0.4, -0.2) is 33.0 Å². The number of pyridine rings is 1. The summed E-state index contributed by atoms with van der Waals surface area (Å²) >= 11 is 0. The van der Waals surface area contributed by atoms with Gasteiger partial charge in [0.1, 0.15) is 13.2 Å². The quantitative estimate of drug-likeness (QED) is 0.760.